The first-order valence-corrected chi connectivity index (χ1v) is 9.13. The lowest BCUT2D eigenvalue weighted by molar-refractivity contribution is 0.382. The van der Waals surface area contributed by atoms with Crippen molar-refractivity contribution in [1.29, 1.82) is 0 Å². The zero-order valence-electron chi connectivity index (χ0n) is 14.8. The van der Waals surface area contributed by atoms with Gasteiger partial charge < -0.3 is 4.42 Å². The second-order valence-electron chi connectivity index (χ2n) is 7.45. The maximum absolute atomic E-state index is 5.93. The fourth-order valence-corrected chi connectivity index (χ4v) is 2.70. The third-order valence-electron chi connectivity index (χ3n) is 4.18. The molecule has 0 amide bonds. The smallest absolute Gasteiger partial charge is 0.109 e. The Morgan fingerprint density at radius 3 is 1.76 bits per heavy atom. The normalized spacial score (nSPS) is 12.0. The van der Waals surface area contributed by atoms with E-state index in [-0.39, 0.29) is 5.41 Å². The molecule has 1 aromatic rings. The average Bonchev–Trinajstić information content (AvgIpc) is 2.90. The van der Waals surface area contributed by atoms with Crippen LogP contribution in [-0.2, 0) is 11.8 Å². The van der Waals surface area contributed by atoms with Crippen molar-refractivity contribution in [2.45, 2.75) is 104 Å². The highest BCUT2D eigenvalue weighted by atomic mass is 16.3. The molecule has 0 spiro atoms. The quantitative estimate of drug-likeness (QED) is 0.399. The van der Waals surface area contributed by atoms with Gasteiger partial charge in [-0.25, -0.2) is 0 Å². The van der Waals surface area contributed by atoms with Crippen LogP contribution in [0.15, 0.2) is 16.5 Å². The molecule has 0 atom stereocenters. The van der Waals surface area contributed by atoms with Gasteiger partial charge in [0.1, 0.15) is 11.5 Å². The number of hydrogen-bond donors (Lipinski definition) is 0. The fraction of sp³-hybridized carbons (Fsp3) is 0.800. The van der Waals surface area contributed by atoms with Gasteiger partial charge in [0.15, 0.2) is 0 Å². The Morgan fingerprint density at radius 1 is 0.762 bits per heavy atom. The second kappa shape index (κ2) is 10.1. The maximum Gasteiger partial charge on any atom is 0.109 e. The van der Waals surface area contributed by atoms with Gasteiger partial charge in [0.05, 0.1) is 0 Å². The molecular weight excluding hydrogens is 256 g/mol. The summed E-state index contributed by atoms with van der Waals surface area (Å²) in [5.74, 6) is 2.28. The Bertz CT molecular complexity index is 356. The number of furan rings is 1. The molecule has 21 heavy (non-hydrogen) atoms. The van der Waals surface area contributed by atoms with Crippen LogP contribution in [0.4, 0.5) is 0 Å². The molecule has 1 aromatic heterocycles. The fourth-order valence-electron chi connectivity index (χ4n) is 2.70. The Labute approximate surface area is 132 Å². The lowest BCUT2D eigenvalue weighted by Crippen LogP contribution is -2.09. The third-order valence-corrected chi connectivity index (χ3v) is 4.18. The highest BCUT2D eigenvalue weighted by molar-refractivity contribution is 5.14. The monoisotopic (exact) mass is 292 g/mol. The van der Waals surface area contributed by atoms with Crippen molar-refractivity contribution >= 4 is 0 Å². The molecule has 0 saturated carbocycles. The van der Waals surface area contributed by atoms with Crippen molar-refractivity contribution in [3.63, 3.8) is 0 Å². The molecule has 0 bridgehead atoms. The highest BCUT2D eigenvalue weighted by Crippen LogP contribution is 2.25. The molecule has 0 saturated heterocycles. The molecule has 1 heteroatoms. The summed E-state index contributed by atoms with van der Waals surface area (Å²) in [6, 6.07) is 4.31. The molecule has 1 nitrogen and oxygen atoms in total. The predicted octanol–water partition coefficient (Wildman–Crippen LogP) is 7.04. The number of unbranched alkanes of at least 4 members (excludes halogenated alkanes) is 9. The predicted molar refractivity (Wildman–Crippen MR) is 93.0 cm³/mol. The summed E-state index contributed by atoms with van der Waals surface area (Å²) in [7, 11) is 0. The molecule has 0 radical (unpaired) electrons. The van der Waals surface area contributed by atoms with Crippen LogP contribution >= 0.6 is 0 Å². The SMILES string of the molecule is CCCCCCCCCCCCc1ccc(C(C)(C)C)o1. The standard InChI is InChI=1S/C20H36O/c1-5-6-7-8-9-10-11-12-13-14-15-18-16-17-19(21-18)20(2,3)4/h16-17H,5-15H2,1-4H3. The van der Waals surface area contributed by atoms with Crippen LogP contribution in [0.2, 0.25) is 0 Å². The minimum absolute atomic E-state index is 0.135. The van der Waals surface area contributed by atoms with E-state index in [1.807, 2.05) is 0 Å². The van der Waals surface area contributed by atoms with E-state index >= 15 is 0 Å². The van der Waals surface area contributed by atoms with Crippen LogP contribution in [-0.4, -0.2) is 0 Å². The average molecular weight is 293 g/mol. The van der Waals surface area contributed by atoms with E-state index in [9.17, 15) is 0 Å². The van der Waals surface area contributed by atoms with Crippen LogP contribution in [0, 0.1) is 0 Å². The van der Waals surface area contributed by atoms with Gasteiger partial charge in [-0.1, -0.05) is 85.5 Å². The van der Waals surface area contributed by atoms with Crippen LogP contribution in [0.1, 0.15) is 103 Å². The van der Waals surface area contributed by atoms with E-state index in [2.05, 4.69) is 39.8 Å². The number of hydrogen-bond acceptors (Lipinski definition) is 1. The van der Waals surface area contributed by atoms with E-state index in [1.165, 1.54) is 70.0 Å². The third kappa shape index (κ3) is 8.34. The zero-order chi connectivity index (χ0) is 15.6. The summed E-state index contributed by atoms with van der Waals surface area (Å²) in [6.45, 7) is 8.89. The minimum Gasteiger partial charge on any atom is -0.466 e. The second-order valence-corrected chi connectivity index (χ2v) is 7.45. The first kappa shape index (κ1) is 18.3. The first-order valence-electron chi connectivity index (χ1n) is 9.13. The van der Waals surface area contributed by atoms with Gasteiger partial charge in [0.25, 0.3) is 0 Å². The molecule has 0 aliphatic carbocycles. The maximum atomic E-state index is 5.93. The van der Waals surface area contributed by atoms with Crippen molar-refractivity contribution in [2.24, 2.45) is 0 Å². The molecule has 1 rings (SSSR count). The van der Waals surface area contributed by atoms with Crippen LogP contribution in [0.3, 0.4) is 0 Å². The summed E-state index contributed by atoms with van der Waals surface area (Å²) in [5, 5.41) is 0. The van der Waals surface area contributed by atoms with E-state index in [0.717, 1.165) is 12.2 Å². The van der Waals surface area contributed by atoms with E-state index in [4.69, 9.17) is 4.42 Å². The highest BCUT2D eigenvalue weighted by Gasteiger charge is 2.17. The molecule has 0 aliphatic heterocycles. The van der Waals surface area contributed by atoms with E-state index in [0.29, 0.717) is 0 Å². The molecule has 0 fully saturated rings. The Hall–Kier alpha value is -0.720. The molecule has 0 unspecified atom stereocenters. The summed E-state index contributed by atoms with van der Waals surface area (Å²) < 4.78 is 5.93. The summed E-state index contributed by atoms with van der Waals surface area (Å²) in [5.41, 5.74) is 0.135. The van der Waals surface area contributed by atoms with E-state index < -0.39 is 0 Å². The van der Waals surface area contributed by atoms with Crippen LogP contribution in [0.5, 0.6) is 0 Å². The molecule has 0 aromatic carbocycles. The molecule has 122 valence electrons. The summed E-state index contributed by atoms with van der Waals surface area (Å²) in [4.78, 5) is 0. The minimum atomic E-state index is 0.135. The zero-order valence-corrected chi connectivity index (χ0v) is 14.8. The summed E-state index contributed by atoms with van der Waals surface area (Å²) >= 11 is 0. The number of aryl methyl sites for hydroxylation is 1. The Morgan fingerprint density at radius 2 is 1.29 bits per heavy atom. The van der Waals surface area contributed by atoms with Crippen molar-refractivity contribution in [2.75, 3.05) is 0 Å². The molecular formula is C20H36O. The van der Waals surface area contributed by atoms with Crippen molar-refractivity contribution in [3.8, 4) is 0 Å². The van der Waals surface area contributed by atoms with Crippen LogP contribution < -0.4 is 0 Å². The number of rotatable bonds is 11. The van der Waals surface area contributed by atoms with Gasteiger partial charge in [0.2, 0.25) is 0 Å². The van der Waals surface area contributed by atoms with Crippen molar-refractivity contribution < 1.29 is 4.42 Å². The first-order chi connectivity index (χ1) is 10.0. The van der Waals surface area contributed by atoms with Gasteiger partial charge in [0, 0.05) is 11.8 Å². The lowest BCUT2D eigenvalue weighted by Gasteiger charge is -2.14. The molecule has 1 heterocycles. The lowest BCUT2D eigenvalue weighted by atomic mass is 9.94. The molecule has 0 N–H and O–H groups in total. The summed E-state index contributed by atoms with van der Waals surface area (Å²) in [6.07, 6.45) is 15.0. The Kier molecular flexibility index (Phi) is 8.80. The van der Waals surface area contributed by atoms with Crippen LogP contribution in [0.25, 0.3) is 0 Å². The van der Waals surface area contributed by atoms with Gasteiger partial charge in [-0.15, -0.1) is 0 Å². The topological polar surface area (TPSA) is 13.1 Å². The Balaban J connectivity index is 1.98. The van der Waals surface area contributed by atoms with Gasteiger partial charge in [-0.05, 0) is 18.6 Å². The van der Waals surface area contributed by atoms with Gasteiger partial charge in [-0.3, -0.25) is 0 Å². The van der Waals surface area contributed by atoms with Crippen molar-refractivity contribution in [1.82, 2.24) is 0 Å². The van der Waals surface area contributed by atoms with Crippen molar-refractivity contribution in [3.05, 3.63) is 23.7 Å². The largest absolute Gasteiger partial charge is 0.466 e. The van der Waals surface area contributed by atoms with E-state index in [1.54, 1.807) is 0 Å². The van der Waals surface area contributed by atoms with Gasteiger partial charge >= 0.3 is 0 Å². The van der Waals surface area contributed by atoms with Gasteiger partial charge in [-0.2, -0.15) is 0 Å². The molecule has 0 aliphatic rings.